The summed E-state index contributed by atoms with van der Waals surface area (Å²) in [5.41, 5.74) is 9.28. The van der Waals surface area contributed by atoms with Crippen molar-refractivity contribution in [2.45, 2.75) is 77.4 Å². The summed E-state index contributed by atoms with van der Waals surface area (Å²) in [6.45, 7) is 13.4. The number of ether oxygens (including phenoxy) is 2. The highest BCUT2D eigenvalue weighted by Gasteiger charge is 2.45. The zero-order valence-corrected chi connectivity index (χ0v) is 36.0. The van der Waals surface area contributed by atoms with Gasteiger partial charge in [0.25, 0.3) is 0 Å². The number of anilines is 2. The lowest BCUT2D eigenvalue weighted by Gasteiger charge is -2.44. The smallest absolute Gasteiger partial charge is 0.412 e. The van der Waals surface area contributed by atoms with Gasteiger partial charge in [0, 0.05) is 100 Å². The number of aryl methyl sites for hydroxylation is 4. The average Bonchev–Trinajstić information content (AvgIpc) is 3.85. The monoisotopic (exact) mass is 834 g/mol. The number of aromatic nitrogens is 2. The number of nitrogens with zero attached hydrogens (tertiary/aromatic N) is 4. The van der Waals surface area contributed by atoms with E-state index in [-0.39, 0.29) is 12.2 Å². The molecule has 4 aliphatic rings. The molecule has 320 valence electrons. The number of nitrogens with one attached hydrogen (secondary N) is 2. The van der Waals surface area contributed by atoms with Crippen LogP contribution in [0.5, 0.6) is 0 Å². The summed E-state index contributed by atoms with van der Waals surface area (Å²) in [4.78, 5) is 38.6. The van der Waals surface area contributed by atoms with Crippen molar-refractivity contribution in [1.29, 1.82) is 0 Å². The molecule has 10 rings (SSSR count). The van der Waals surface area contributed by atoms with E-state index in [1.165, 1.54) is 11.1 Å². The Bertz CT molecular complexity index is 2370. The second-order valence-electron chi connectivity index (χ2n) is 17.1. The molecule has 4 aromatic carbocycles. The van der Waals surface area contributed by atoms with E-state index in [4.69, 9.17) is 28.3 Å². The topological polar surface area (TPSA) is 135 Å². The highest BCUT2D eigenvalue weighted by atomic mass is 16.6. The largest absolute Gasteiger partial charge is 0.441 e. The van der Waals surface area contributed by atoms with Gasteiger partial charge in [-0.2, -0.15) is 0 Å². The lowest BCUT2D eigenvalue weighted by atomic mass is 9.81. The number of oxazole rings is 2. The second kappa shape index (κ2) is 17.3. The number of benzene rings is 4. The highest BCUT2D eigenvalue weighted by molar-refractivity contribution is 5.89. The molecule has 0 saturated carbocycles. The van der Waals surface area contributed by atoms with Gasteiger partial charge in [-0.25, -0.2) is 19.6 Å². The van der Waals surface area contributed by atoms with Crippen LogP contribution in [-0.4, -0.2) is 71.2 Å². The molecule has 0 unspecified atom stereocenters. The molecule has 2 saturated heterocycles. The number of hydrogen-bond acceptors (Lipinski definition) is 10. The van der Waals surface area contributed by atoms with Crippen molar-refractivity contribution in [3.63, 3.8) is 0 Å². The first-order valence-corrected chi connectivity index (χ1v) is 21.8. The Labute approximate surface area is 362 Å². The molecule has 0 bridgehead atoms. The Morgan fingerprint density at radius 1 is 0.548 bits per heavy atom. The minimum absolute atomic E-state index is 0.350. The molecule has 4 aliphatic heterocycles. The summed E-state index contributed by atoms with van der Waals surface area (Å²) in [6, 6.07) is 32.3. The number of piperidine rings is 2. The minimum atomic E-state index is -0.523. The fourth-order valence-electron chi connectivity index (χ4n) is 9.30. The Morgan fingerprint density at radius 3 is 1.32 bits per heavy atom. The molecule has 0 aliphatic carbocycles. The Hall–Kier alpha value is -6.24. The molecule has 12 nitrogen and oxygen atoms in total. The van der Waals surface area contributed by atoms with Crippen LogP contribution in [0.2, 0.25) is 0 Å². The Balaban J connectivity index is 0.000000158. The fraction of sp³-hybridized carbons (Fsp3) is 0.360. The van der Waals surface area contributed by atoms with Gasteiger partial charge in [-0.1, -0.05) is 59.7 Å². The summed E-state index contributed by atoms with van der Waals surface area (Å²) in [5, 5.41) is 5.69. The third kappa shape index (κ3) is 8.62. The molecular weight excluding hydrogens is 781 g/mol. The lowest BCUT2D eigenvalue weighted by Crippen LogP contribution is -2.48. The number of fused-ring (bicyclic) bond motifs is 4. The number of carbonyl (C=O) groups is 2. The van der Waals surface area contributed by atoms with Gasteiger partial charge >= 0.3 is 12.2 Å². The lowest BCUT2D eigenvalue weighted by molar-refractivity contribution is -0.0381. The standard InChI is InChI=1S/2C25H27N3O3/c2*1-17-8-9-22-20(16-17)25(31-24(29)27-22)11-14-28(15-12-25)13-10-21-18(2)30-23(26-21)19-6-4-3-5-7-19/h2*3-9,16H,10-15H2,1-2H3,(H,27,29). The summed E-state index contributed by atoms with van der Waals surface area (Å²) in [5.74, 6) is 3.12. The average molecular weight is 835 g/mol. The van der Waals surface area contributed by atoms with Crippen LogP contribution in [0.3, 0.4) is 0 Å². The van der Waals surface area contributed by atoms with Crippen LogP contribution in [-0.2, 0) is 33.5 Å². The maximum absolute atomic E-state index is 12.2. The maximum atomic E-state index is 12.2. The zero-order chi connectivity index (χ0) is 42.8. The number of likely N-dealkylation sites (tertiary alicyclic amines) is 2. The first kappa shape index (κ1) is 41.1. The van der Waals surface area contributed by atoms with E-state index in [0.29, 0.717) is 11.8 Å². The molecule has 2 aromatic heterocycles. The van der Waals surface area contributed by atoms with Crippen LogP contribution in [0.4, 0.5) is 21.0 Å². The van der Waals surface area contributed by atoms with E-state index in [1.807, 2.05) is 98.8 Å². The normalized spacial score (nSPS) is 17.8. The molecular formula is C50H54N6O6. The Morgan fingerprint density at radius 2 is 0.935 bits per heavy atom. The van der Waals surface area contributed by atoms with Gasteiger partial charge in [-0.15, -0.1) is 0 Å². The SMILES string of the molecule is Cc1ccc2c(c1)C1(CCN(CCc3nc(-c4ccccc4)oc3C)CC1)OC(=O)N2.Cc1ccc2c(c1)C1(CCN(CCc3nc(-c4ccccc4)oc3C)CC1)OC(=O)N2. The first-order chi connectivity index (χ1) is 30.0. The van der Waals surface area contributed by atoms with Crippen molar-refractivity contribution in [3.8, 4) is 22.9 Å². The van der Waals surface area contributed by atoms with Crippen LogP contribution in [0.1, 0.15) is 70.8 Å². The van der Waals surface area contributed by atoms with Crippen LogP contribution in [0.25, 0.3) is 22.9 Å². The minimum Gasteiger partial charge on any atom is -0.441 e. The van der Waals surface area contributed by atoms with Crippen molar-refractivity contribution in [2.24, 2.45) is 0 Å². The van der Waals surface area contributed by atoms with Crippen LogP contribution < -0.4 is 10.6 Å². The van der Waals surface area contributed by atoms with Gasteiger partial charge in [0.15, 0.2) is 0 Å². The van der Waals surface area contributed by atoms with Crippen LogP contribution in [0.15, 0.2) is 106 Å². The summed E-state index contributed by atoms with van der Waals surface area (Å²) >= 11 is 0. The van der Waals surface area contributed by atoms with E-state index < -0.39 is 11.2 Å². The van der Waals surface area contributed by atoms with Crippen molar-refractivity contribution in [2.75, 3.05) is 49.9 Å². The van der Waals surface area contributed by atoms with E-state index in [1.54, 1.807) is 0 Å². The summed E-state index contributed by atoms with van der Waals surface area (Å²) in [6.07, 6.45) is 4.16. The molecule has 6 aromatic rings. The van der Waals surface area contributed by atoms with Gasteiger partial charge in [0.2, 0.25) is 11.8 Å². The molecule has 0 atom stereocenters. The van der Waals surface area contributed by atoms with E-state index in [0.717, 1.165) is 134 Å². The Kier molecular flexibility index (Phi) is 11.4. The highest BCUT2D eigenvalue weighted by Crippen LogP contribution is 2.45. The van der Waals surface area contributed by atoms with Gasteiger partial charge in [0.05, 0.1) is 22.8 Å². The quantitative estimate of drug-likeness (QED) is 0.153. The summed E-state index contributed by atoms with van der Waals surface area (Å²) < 4.78 is 23.5. The number of amides is 2. The maximum Gasteiger partial charge on any atom is 0.412 e. The van der Waals surface area contributed by atoms with Crippen molar-refractivity contribution in [3.05, 3.63) is 142 Å². The molecule has 12 heteroatoms. The van der Waals surface area contributed by atoms with Crippen LogP contribution >= 0.6 is 0 Å². The third-order valence-corrected chi connectivity index (χ3v) is 12.9. The zero-order valence-electron chi connectivity index (χ0n) is 36.0. The van der Waals surface area contributed by atoms with Crippen molar-refractivity contribution >= 4 is 23.6 Å². The van der Waals surface area contributed by atoms with Crippen molar-refractivity contribution < 1.29 is 27.9 Å². The molecule has 2 N–H and O–H groups in total. The predicted octanol–water partition coefficient (Wildman–Crippen LogP) is 10.1. The second-order valence-corrected chi connectivity index (χ2v) is 17.1. The summed E-state index contributed by atoms with van der Waals surface area (Å²) in [7, 11) is 0. The van der Waals surface area contributed by atoms with Gasteiger partial charge in [-0.3, -0.25) is 10.6 Å². The van der Waals surface area contributed by atoms with Gasteiger partial charge in [-0.05, 0) is 76.2 Å². The first-order valence-electron chi connectivity index (χ1n) is 21.8. The molecule has 62 heavy (non-hydrogen) atoms. The number of carbonyl (C=O) groups excluding carboxylic acids is 2. The molecule has 0 radical (unpaired) electrons. The predicted molar refractivity (Wildman–Crippen MR) is 238 cm³/mol. The molecule has 2 spiro atoms. The van der Waals surface area contributed by atoms with E-state index >= 15 is 0 Å². The van der Waals surface area contributed by atoms with Gasteiger partial charge < -0.3 is 28.1 Å². The van der Waals surface area contributed by atoms with Crippen LogP contribution in [0, 0.1) is 27.7 Å². The number of hydrogen-bond donors (Lipinski definition) is 2. The van der Waals surface area contributed by atoms with E-state index in [9.17, 15) is 9.59 Å². The third-order valence-electron chi connectivity index (χ3n) is 12.9. The molecule has 2 fully saturated rings. The number of rotatable bonds is 8. The fourth-order valence-corrected chi connectivity index (χ4v) is 9.30. The van der Waals surface area contributed by atoms with E-state index in [2.05, 4.69) is 46.4 Å². The van der Waals surface area contributed by atoms with Gasteiger partial charge in [0.1, 0.15) is 22.7 Å². The van der Waals surface area contributed by atoms with Crippen molar-refractivity contribution in [1.82, 2.24) is 19.8 Å². The molecule has 2 amide bonds. The molecule has 6 heterocycles.